The summed E-state index contributed by atoms with van der Waals surface area (Å²) in [5.74, 6) is -1.15. The normalized spacial score (nSPS) is 13.5. The molecule has 4 amide bonds. The molecule has 0 saturated carbocycles. The Hall–Kier alpha value is -3.19. The Balaban J connectivity index is 1.68. The fourth-order valence-corrected chi connectivity index (χ4v) is 3.39. The van der Waals surface area contributed by atoms with Gasteiger partial charge in [-0.2, -0.15) is 0 Å². The molecule has 0 aromatic heterocycles. The van der Waals surface area contributed by atoms with Gasteiger partial charge in [-0.25, -0.2) is 0 Å². The molecule has 0 unspecified atom stereocenters. The number of anilines is 2. The fourth-order valence-electron chi connectivity index (χ4n) is 3.22. The van der Waals surface area contributed by atoms with E-state index in [1.54, 1.807) is 49.4 Å². The van der Waals surface area contributed by atoms with Gasteiger partial charge in [0.2, 0.25) is 17.7 Å². The third kappa shape index (κ3) is 4.68. The van der Waals surface area contributed by atoms with Crippen LogP contribution < -0.4 is 10.2 Å². The van der Waals surface area contributed by atoms with Crippen molar-refractivity contribution in [2.24, 2.45) is 0 Å². The molecule has 7 nitrogen and oxygen atoms in total. The number of amides is 4. The summed E-state index contributed by atoms with van der Waals surface area (Å²) in [6.07, 6.45) is 0.398. The van der Waals surface area contributed by atoms with E-state index in [0.717, 1.165) is 10.5 Å². The Morgan fingerprint density at radius 1 is 1.07 bits per heavy atom. The molecule has 1 aliphatic heterocycles. The molecular formula is C22H22ClN3O4. The van der Waals surface area contributed by atoms with Crippen LogP contribution in [0, 0.1) is 6.92 Å². The molecule has 0 bridgehead atoms. The molecule has 1 saturated heterocycles. The highest BCUT2D eigenvalue weighted by molar-refractivity contribution is 6.31. The van der Waals surface area contributed by atoms with E-state index in [1.807, 2.05) is 6.92 Å². The van der Waals surface area contributed by atoms with Gasteiger partial charge in [-0.15, -0.1) is 0 Å². The minimum absolute atomic E-state index is 0.119. The molecule has 1 N–H and O–H groups in total. The van der Waals surface area contributed by atoms with Gasteiger partial charge in [0, 0.05) is 35.7 Å². The third-order valence-corrected chi connectivity index (χ3v) is 5.14. The second-order valence-electron chi connectivity index (χ2n) is 7.00. The summed E-state index contributed by atoms with van der Waals surface area (Å²) in [5, 5.41) is 3.29. The highest BCUT2D eigenvalue weighted by Gasteiger charge is 2.30. The molecule has 1 heterocycles. The lowest BCUT2D eigenvalue weighted by Crippen LogP contribution is -2.38. The third-order valence-electron chi connectivity index (χ3n) is 4.90. The Morgan fingerprint density at radius 2 is 1.70 bits per heavy atom. The van der Waals surface area contributed by atoms with Crippen LogP contribution in [0.5, 0.6) is 0 Å². The van der Waals surface area contributed by atoms with Gasteiger partial charge in [0.1, 0.15) is 6.54 Å². The number of rotatable bonds is 6. The summed E-state index contributed by atoms with van der Waals surface area (Å²) >= 11 is 5.98. The fraction of sp³-hybridized carbons (Fsp3) is 0.273. The molecule has 0 aliphatic carbocycles. The van der Waals surface area contributed by atoms with Gasteiger partial charge in [-0.1, -0.05) is 17.7 Å². The molecule has 0 radical (unpaired) electrons. The first-order valence-corrected chi connectivity index (χ1v) is 9.99. The lowest BCUT2D eigenvalue weighted by atomic mass is 10.1. The van der Waals surface area contributed by atoms with Crippen LogP contribution in [0.3, 0.4) is 0 Å². The summed E-state index contributed by atoms with van der Waals surface area (Å²) in [6.45, 7) is 3.86. The van der Waals surface area contributed by atoms with E-state index in [0.29, 0.717) is 28.5 Å². The first-order chi connectivity index (χ1) is 14.3. The minimum Gasteiger partial charge on any atom is -0.330 e. The van der Waals surface area contributed by atoms with Crippen molar-refractivity contribution >= 4 is 46.6 Å². The first-order valence-electron chi connectivity index (χ1n) is 9.61. The number of carbonyl (C=O) groups is 4. The van der Waals surface area contributed by atoms with Crippen LogP contribution in [0.2, 0.25) is 5.02 Å². The molecule has 2 aromatic carbocycles. The topological polar surface area (TPSA) is 86.8 Å². The minimum atomic E-state index is -0.333. The molecule has 8 heteroatoms. The number of aryl methyl sites for hydroxylation is 1. The molecule has 1 aliphatic rings. The highest BCUT2D eigenvalue weighted by atomic mass is 35.5. The summed E-state index contributed by atoms with van der Waals surface area (Å²) in [6, 6.07) is 11.4. The predicted octanol–water partition coefficient (Wildman–Crippen LogP) is 3.40. The van der Waals surface area contributed by atoms with Gasteiger partial charge in [-0.05, 0) is 55.8 Å². The Bertz CT molecular complexity index is 988. The van der Waals surface area contributed by atoms with Crippen molar-refractivity contribution in [2.75, 3.05) is 23.3 Å². The Labute approximate surface area is 179 Å². The molecule has 0 atom stereocenters. The van der Waals surface area contributed by atoms with E-state index in [1.165, 1.54) is 4.90 Å². The number of nitrogens with zero attached hydrogens (tertiary/aromatic N) is 2. The van der Waals surface area contributed by atoms with Gasteiger partial charge in [0.25, 0.3) is 5.91 Å². The molecule has 156 valence electrons. The number of carbonyl (C=O) groups excluding carboxylic acids is 4. The molecule has 0 spiro atoms. The smallest absolute Gasteiger partial charge is 0.254 e. The predicted molar refractivity (Wildman–Crippen MR) is 115 cm³/mol. The first kappa shape index (κ1) is 21.5. The number of likely N-dealkylation sites (N-methyl/N-ethyl adjacent to an activating group) is 1. The molecular weight excluding hydrogens is 406 g/mol. The second-order valence-corrected chi connectivity index (χ2v) is 7.43. The SMILES string of the molecule is CCN(CC(=O)Nc1cc(Cl)ccc1C)C(=O)c1ccc(N2C(=O)CCC2=O)cc1. The van der Waals surface area contributed by atoms with Crippen LogP contribution in [0.1, 0.15) is 35.7 Å². The Kier molecular flexibility index (Phi) is 6.52. The molecule has 30 heavy (non-hydrogen) atoms. The maximum absolute atomic E-state index is 12.8. The van der Waals surface area contributed by atoms with E-state index in [-0.39, 0.29) is 43.0 Å². The zero-order valence-corrected chi connectivity index (χ0v) is 17.5. The average Bonchev–Trinajstić information content (AvgIpc) is 3.06. The summed E-state index contributed by atoms with van der Waals surface area (Å²) < 4.78 is 0. The van der Waals surface area contributed by atoms with Crippen molar-refractivity contribution in [3.8, 4) is 0 Å². The van der Waals surface area contributed by atoms with Gasteiger partial charge >= 0.3 is 0 Å². The summed E-state index contributed by atoms with van der Waals surface area (Å²) in [7, 11) is 0. The van der Waals surface area contributed by atoms with Crippen molar-refractivity contribution in [3.63, 3.8) is 0 Å². The number of benzene rings is 2. The van der Waals surface area contributed by atoms with E-state index >= 15 is 0 Å². The van der Waals surface area contributed by atoms with Crippen LogP contribution in [-0.4, -0.2) is 41.6 Å². The van der Waals surface area contributed by atoms with Crippen molar-refractivity contribution in [3.05, 3.63) is 58.6 Å². The van der Waals surface area contributed by atoms with Crippen LogP contribution >= 0.6 is 11.6 Å². The monoisotopic (exact) mass is 427 g/mol. The van der Waals surface area contributed by atoms with E-state index in [2.05, 4.69) is 5.32 Å². The zero-order chi connectivity index (χ0) is 21.8. The molecule has 1 fully saturated rings. The lowest BCUT2D eigenvalue weighted by Gasteiger charge is -2.21. The van der Waals surface area contributed by atoms with Gasteiger partial charge in [-0.3, -0.25) is 24.1 Å². The van der Waals surface area contributed by atoms with Gasteiger partial charge in [0.15, 0.2) is 0 Å². The number of imide groups is 1. The molecule has 3 rings (SSSR count). The largest absolute Gasteiger partial charge is 0.330 e. The number of nitrogens with one attached hydrogen (secondary N) is 1. The zero-order valence-electron chi connectivity index (χ0n) is 16.8. The van der Waals surface area contributed by atoms with Crippen LogP contribution in [-0.2, 0) is 14.4 Å². The quantitative estimate of drug-likeness (QED) is 0.716. The Morgan fingerprint density at radius 3 is 2.30 bits per heavy atom. The maximum Gasteiger partial charge on any atom is 0.254 e. The van der Waals surface area contributed by atoms with Crippen LogP contribution in [0.4, 0.5) is 11.4 Å². The average molecular weight is 428 g/mol. The van der Waals surface area contributed by atoms with E-state index in [4.69, 9.17) is 11.6 Å². The van der Waals surface area contributed by atoms with Gasteiger partial charge < -0.3 is 10.2 Å². The van der Waals surface area contributed by atoms with Crippen LogP contribution in [0.25, 0.3) is 0 Å². The van der Waals surface area contributed by atoms with Crippen LogP contribution in [0.15, 0.2) is 42.5 Å². The second kappa shape index (κ2) is 9.09. The number of hydrogen-bond donors (Lipinski definition) is 1. The summed E-state index contributed by atoms with van der Waals surface area (Å²) in [4.78, 5) is 51.5. The number of hydrogen-bond acceptors (Lipinski definition) is 4. The van der Waals surface area contributed by atoms with Crippen molar-refractivity contribution in [1.82, 2.24) is 4.90 Å². The molecule has 2 aromatic rings. The van der Waals surface area contributed by atoms with Crippen molar-refractivity contribution in [2.45, 2.75) is 26.7 Å². The standard InChI is InChI=1S/C22H22ClN3O4/c1-3-25(13-19(27)24-18-12-16(23)7-4-14(18)2)22(30)15-5-8-17(9-6-15)26-20(28)10-11-21(26)29/h4-9,12H,3,10-11,13H2,1-2H3,(H,24,27). The number of halogens is 1. The highest BCUT2D eigenvalue weighted by Crippen LogP contribution is 2.23. The summed E-state index contributed by atoms with van der Waals surface area (Å²) in [5.41, 5.74) is 2.27. The van der Waals surface area contributed by atoms with Crippen molar-refractivity contribution in [1.29, 1.82) is 0 Å². The van der Waals surface area contributed by atoms with Crippen molar-refractivity contribution < 1.29 is 19.2 Å². The lowest BCUT2D eigenvalue weighted by molar-refractivity contribution is -0.121. The van der Waals surface area contributed by atoms with E-state index < -0.39 is 0 Å². The van der Waals surface area contributed by atoms with E-state index in [9.17, 15) is 19.2 Å². The van der Waals surface area contributed by atoms with Gasteiger partial charge in [0.05, 0.1) is 5.69 Å². The maximum atomic E-state index is 12.8.